The average molecular weight is 318 g/mol. The molecule has 2 aliphatic rings. The van der Waals surface area contributed by atoms with Crippen molar-refractivity contribution >= 4 is 12.0 Å². The highest BCUT2D eigenvalue weighted by Gasteiger charge is 2.44. The highest BCUT2D eigenvalue weighted by molar-refractivity contribution is 5.79. The van der Waals surface area contributed by atoms with Crippen LogP contribution in [0.2, 0.25) is 0 Å². The summed E-state index contributed by atoms with van der Waals surface area (Å²) in [6.45, 7) is 1.83. The third kappa shape index (κ3) is 3.25. The zero-order valence-corrected chi connectivity index (χ0v) is 13.3. The van der Waals surface area contributed by atoms with Crippen molar-refractivity contribution < 1.29 is 19.4 Å². The predicted octanol–water partition coefficient (Wildman–Crippen LogP) is 1.77. The van der Waals surface area contributed by atoms with Gasteiger partial charge in [-0.15, -0.1) is 0 Å². The Morgan fingerprint density at radius 3 is 2.78 bits per heavy atom. The number of likely N-dealkylation sites (N-methyl/N-ethyl adjacent to an activating group) is 1. The van der Waals surface area contributed by atoms with Gasteiger partial charge in [0.25, 0.3) is 0 Å². The van der Waals surface area contributed by atoms with Crippen LogP contribution in [-0.4, -0.2) is 59.2 Å². The molecule has 23 heavy (non-hydrogen) atoms. The Morgan fingerprint density at radius 2 is 2.09 bits per heavy atom. The Kier molecular flexibility index (Phi) is 4.15. The molecule has 124 valence electrons. The number of ether oxygens (including phenoxy) is 1. The summed E-state index contributed by atoms with van der Waals surface area (Å²) in [7, 11) is 1.74. The van der Waals surface area contributed by atoms with Gasteiger partial charge in [0.15, 0.2) is 0 Å². The maximum Gasteiger partial charge on any atom is 0.410 e. The van der Waals surface area contributed by atoms with Crippen molar-refractivity contribution in [2.75, 3.05) is 26.7 Å². The van der Waals surface area contributed by atoms with Crippen LogP contribution in [0.25, 0.3) is 0 Å². The monoisotopic (exact) mass is 318 g/mol. The quantitative estimate of drug-likeness (QED) is 0.902. The minimum Gasteiger partial charge on any atom is -0.508 e. The Hall–Kier alpha value is -2.24. The maximum atomic E-state index is 12.5. The first kappa shape index (κ1) is 15.6. The fraction of sp³-hybridized carbons (Fsp3) is 0.529. The highest BCUT2D eigenvalue weighted by Crippen LogP contribution is 2.32. The van der Waals surface area contributed by atoms with Gasteiger partial charge >= 0.3 is 6.09 Å². The summed E-state index contributed by atoms with van der Waals surface area (Å²) >= 11 is 0. The van der Waals surface area contributed by atoms with E-state index in [1.165, 1.54) is 0 Å². The van der Waals surface area contributed by atoms with Crippen molar-refractivity contribution in [1.82, 2.24) is 9.80 Å². The van der Waals surface area contributed by atoms with Crippen molar-refractivity contribution in [2.45, 2.75) is 31.3 Å². The number of benzene rings is 1. The molecular weight excluding hydrogens is 296 g/mol. The lowest BCUT2D eigenvalue weighted by Gasteiger charge is -2.25. The van der Waals surface area contributed by atoms with E-state index in [2.05, 4.69) is 0 Å². The molecule has 0 unspecified atom stereocenters. The number of hydrogen-bond acceptors (Lipinski definition) is 4. The summed E-state index contributed by atoms with van der Waals surface area (Å²) in [4.78, 5) is 27.6. The number of para-hydroxylation sites is 1. The molecule has 2 aliphatic heterocycles. The number of hydrogen-bond donors (Lipinski definition) is 1. The fourth-order valence-corrected chi connectivity index (χ4v) is 3.40. The van der Waals surface area contributed by atoms with E-state index in [1.54, 1.807) is 30.1 Å². The molecule has 1 aromatic carbocycles. The van der Waals surface area contributed by atoms with Crippen LogP contribution in [0.1, 0.15) is 24.8 Å². The molecule has 1 spiro atoms. The third-order valence-electron chi connectivity index (χ3n) is 4.72. The van der Waals surface area contributed by atoms with Crippen molar-refractivity contribution in [2.24, 2.45) is 0 Å². The Bertz CT molecular complexity index is 618. The first-order valence-electron chi connectivity index (χ1n) is 7.98. The van der Waals surface area contributed by atoms with Gasteiger partial charge in [0, 0.05) is 32.1 Å². The second-order valence-electron chi connectivity index (χ2n) is 6.45. The van der Waals surface area contributed by atoms with Crippen molar-refractivity contribution in [3.05, 3.63) is 29.8 Å². The zero-order valence-electron chi connectivity index (χ0n) is 13.3. The molecule has 2 heterocycles. The lowest BCUT2D eigenvalue weighted by atomic mass is 9.95. The van der Waals surface area contributed by atoms with Gasteiger partial charge in [0.05, 0.1) is 13.0 Å². The number of phenolic OH excluding ortho intramolecular Hbond substituents is 1. The second kappa shape index (κ2) is 6.10. The van der Waals surface area contributed by atoms with E-state index in [-0.39, 0.29) is 24.2 Å². The Morgan fingerprint density at radius 1 is 1.30 bits per heavy atom. The van der Waals surface area contributed by atoms with E-state index in [9.17, 15) is 14.7 Å². The minimum atomic E-state index is -0.449. The van der Waals surface area contributed by atoms with Crippen LogP contribution in [0.4, 0.5) is 4.79 Å². The van der Waals surface area contributed by atoms with Crippen LogP contribution in [0, 0.1) is 0 Å². The first-order valence-corrected chi connectivity index (χ1v) is 7.98. The van der Waals surface area contributed by atoms with Crippen LogP contribution in [0.15, 0.2) is 24.3 Å². The van der Waals surface area contributed by atoms with Crippen molar-refractivity contribution in [3.8, 4) is 5.75 Å². The summed E-state index contributed by atoms with van der Waals surface area (Å²) in [6, 6.07) is 6.91. The van der Waals surface area contributed by atoms with Gasteiger partial charge in [0.1, 0.15) is 11.4 Å². The number of phenols is 1. The molecule has 1 aromatic rings. The van der Waals surface area contributed by atoms with E-state index < -0.39 is 5.60 Å². The number of nitrogens with zero attached hydrogens (tertiary/aromatic N) is 2. The van der Waals surface area contributed by atoms with Crippen molar-refractivity contribution in [3.63, 3.8) is 0 Å². The van der Waals surface area contributed by atoms with E-state index in [4.69, 9.17) is 4.74 Å². The number of aromatic hydroxyl groups is 1. The normalized spacial score (nSPS) is 24.7. The summed E-state index contributed by atoms with van der Waals surface area (Å²) in [5.41, 5.74) is 0.193. The van der Waals surface area contributed by atoms with Crippen LogP contribution in [-0.2, 0) is 16.0 Å². The molecule has 2 amide bonds. The number of carbonyl (C=O) groups excluding carboxylic acids is 2. The topological polar surface area (TPSA) is 70.1 Å². The van der Waals surface area contributed by atoms with E-state index >= 15 is 0 Å². The molecule has 0 aromatic heterocycles. The fourth-order valence-electron chi connectivity index (χ4n) is 3.40. The highest BCUT2D eigenvalue weighted by atomic mass is 16.6. The second-order valence-corrected chi connectivity index (χ2v) is 6.45. The van der Waals surface area contributed by atoms with Gasteiger partial charge in [-0.2, -0.15) is 0 Å². The van der Waals surface area contributed by atoms with Gasteiger partial charge in [-0.05, 0) is 18.9 Å². The molecule has 2 fully saturated rings. The number of carbonyl (C=O) groups is 2. The van der Waals surface area contributed by atoms with Crippen LogP contribution >= 0.6 is 0 Å². The molecule has 0 radical (unpaired) electrons. The molecule has 0 bridgehead atoms. The van der Waals surface area contributed by atoms with Gasteiger partial charge < -0.3 is 19.6 Å². The van der Waals surface area contributed by atoms with Crippen molar-refractivity contribution in [1.29, 1.82) is 0 Å². The standard InChI is InChI=1S/C17H22N2O4/c1-18-12-17(23-16(18)22)7-4-9-19(10-8-17)15(21)11-13-5-2-3-6-14(13)20/h2-3,5-6,20H,4,7-12H2,1H3/t17-/m0/s1. The molecule has 3 rings (SSSR count). The SMILES string of the molecule is CN1C[C@@]2(CCCN(C(=O)Cc3ccccc3O)CC2)OC1=O. The summed E-state index contributed by atoms with van der Waals surface area (Å²) in [5, 5.41) is 9.81. The summed E-state index contributed by atoms with van der Waals surface area (Å²) < 4.78 is 5.56. The lowest BCUT2D eigenvalue weighted by Crippen LogP contribution is -2.37. The molecule has 0 saturated carbocycles. The van der Waals surface area contributed by atoms with E-state index in [0.29, 0.717) is 31.6 Å². The summed E-state index contributed by atoms with van der Waals surface area (Å²) in [5.74, 6) is 0.153. The Balaban J connectivity index is 1.63. The van der Waals surface area contributed by atoms with E-state index in [1.807, 2.05) is 11.0 Å². The first-order chi connectivity index (χ1) is 11.0. The molecular formula is C17H22N2O4. The molecule has 6 heteroatoms. The van der Waals surface area contributed by atoms with Gasteiger partial charge in [-0.1, -0.05) is 18.2 Å². The lowest BCUT2D eigenvalue weighted by molar-refractivity contribution is -0.130. The maximum absolute atomic E-state index is 12.5. The Labute approximate surface area is 135 Å². The molecule has 2 saturated heterocycles. The molecule has 6 nitrogen and oxygen atoms in total. The predicted molar refractivity (Wildman–Crippen MR) is 84.1 cm³/mol. The zero-order chi connectivity index (χ0) is 16.4. The van der Waals surface area contributed by atoms with Crippen LogP contribution < -0.4 is 0 Å². The smallest absolute Gasteiger partial charge is 0.410 e. The van der Waals surface area contributed by atoms with Gasteiger partial charge in [-0.3, -0.25) is 4.79 Å². The number of likely N-dealkylation sites (tertiary alicyclic amines) is 1. The number of rotatable bonds is 2. The van der Waals surface area contributed by atoms with E-state index in [0.717, 1.165) is 12.8 Å². The number of amides is 2. The van der Waals surface area contributed by atoms with Gasteiger partial charge in [-0.25, -0.2) is 4.79 Å². The van der Waals surface area contributed by atoms with Crippen LogP contribution in [0.5, 0.6) is 5.75 Å². The van der Waals surface area contributed by atoms with Gasteiger partial charge in [0.2, 0.25) is 5.91 Å². The average Bonchev–Trinajstić information content (AvgIpc) is 2.69. The largest absolute Gasteiger partial charge is 0.508 e. The third-order valence-corrected chi connectivity index (χ3v) is 4.72. The minimum absolute atomic E-state index is 0.00114. The van der Waals surface area contributed by atoms with Crippen LogP contribution in [0.3, 0.4) is 0 Å². The molecule has 1 N–H and O–H groups in total. The summed E-state index contributed by atoms with van der Waals surface area (Å²) in [6.07, 6.45) is 2.17. The molecule has 0 aliphatic carbocycles. The molecule has 1 atom stereocenters.